The van der Waals surface area contributed by atoms with Crippen LogP contribution in [-0.4, -0.2) is 19.0 Å². The smallest absolute Gasteiger partial charge is 0.169 e. The molecule has 3 saturated carbocycles. The highest BCUT2D eigenvalue weighted by Gasteiger charge is 2.57. The van der Waals surface area contributed by atoms with Gasteiger partial charge in [-0.15, -0.1) is 5.73 Å². The molecular formula is C35H50O2. The molecular weight excluding hydrogens is 452 g/mol. The molecule has 1 spiro atoms. The van der Waals surface area contributed by atoms with Crippen LogP contribution < -0.4 is 0 Å². The molecule has 0 amide bonds. The number of benzene rings is 1. The number of fused-ring (bicyclic) bond motifs is 4. The zero-order chi connectivity index (χ0) is 26.4. The molecule has 1 aromatic carbocycles. The summed E-state index contributed by atoms with van der Waals surface area (Å²) in [6.45, 7) is 19.1. The molecule has 202 valence electrons. The number of hydrogen-bond donors (Lipinski definition) is 0. The van der Waals surface area contributed by atoms with Crippen molar-refractivity contribution >= 4 is 6.08 Å². The predicted octanol–water partition coefficient (Wildman–Crippen LogP) is 9.33. The van der Waals surface area contributed by atoms with Crippen LogP contribution in [0, 0.1) is 34.5 Å². The Kier molecular flexibility index (Phi) is 7.42. The van der Waals surface area contributed by atoms with Crippen LogP contribution in [0.2, 0.25) is 0 Å². The van der Waals surface area contributed by atoms with Crippen molar-refractivity contribution in [2.24, 2.45) is 34.5 Å². The Morgan fingerprint density at radius 2 is 1.65 bits per heavy atom. The normalized spacial score (nSPS) is 37.4. The summed E-state index contributed by atoms with van der Waals surface area (Å²) in [6.07, 6.45) is 12.0. The van der Waals surface area contributed by atoms with Crippen LogP contribution in [0.4, 0.5) is 0 Å². The van der Waals surface area contributed by atoms with Gasteiger partial charge in [0.15, 0.2) is 5.79 Å². The molecule has 1 saturated heterocycles. The van der Waals surface area contributed by atoms with Gasteiger partial charge in [-0.2, -0.15) is 0 Å². The minimum Gasteiger partial charge on any atom is -0.349 e. The molecule has 5 aliphatic rings. The van der Waals surface area contributed by atoms with E-state index in [4.69, 9.17) is 9.47 Å². The molecule has 4 aliphatic carbocycles. The molecule has 0 radical (unpaired) electrons. The lowest BCUT2D eigenvalue weighted by atomic mass is 9.51. The zero-order valence-electron chi connectivity index (χ0n) is 24.4. The van der Waals surface area contributed by atoms with Crippen molar-refractivity contribution in [1.29, 1.82) is 0 Å². The van der Waals surface area contributed by atoms with E-state index >= 15 is 0 Å². The fourth-order valence-electron chi connectivity index (χ4n) is 8.72. The fourth-order valence-corrected chi connectivity index (χ4v) is 8.72. The molecule has 2 nitrogen and oxygen atoms in total. The Morgan fingerprint density at radius 3 is 2.32 bits per heavy atom. The lowest BCUT2D eigenvalue weighted by Crippen LogP contribution is -2.51. The van der Waals surface area contributed by atoms with E-state index in [0.29, 0.717) is 17.3 Å². The first-order valence-electron chi connectivity index (χ1n) is 15.2. The van der Waals surface area contributed by atoms with Crippen molar-refractivity contribution < 1.29 is 9.47 Å². The molecule has 37 heavy (non-hydrogen) atoms. The third kappa shape index (κ3) is 4.73. The number of hydrogen-bond acceptors (Lipinski definition) is 2. The maximum absolute atomic E-state index is 6.49. The molecule has 1 heterocycles. The molecule has 0 N–H and O–H groups in total. The molecule has 1 aliphatic heterocycles. The van der Waals surface area contributed by atoms with Gasteiger partial charge < -0.3 is 9.47 Å². The average molecular weight is 503 g/mol. The molecule has 4 fully saturated rings. The molecule has 0 bridgehead atoms. The summed E-state index contributed by atoms with van der Waals surface area (Å²) in [6, 6.07) is 9.32. The third-order valence-corrected chi connectivity index (χ3v) is 10.9. The van der Waals surface area contributed by atoms with Gasteiger partial charge in [-0.3, -0.25) is 0 Å². The zero-order valence-corrected chi connectivity index (χ0v) is 24.4. The molecule has 6 atom stereocenters. The van der Waals surface area contributed by atoms with Crippen LogP contribution in [0.1, 0.15) is 110 Å². The average Bonchev–Trinajstić information content (AvgIpc) is 3.21. The molecule has 0 aromatic heterocycles. The summed E-state index contributed by atoms with van der Waals surface area (Å²) >= 11 is 0. The summed E-state index contributed by atoms with van der Waals surface area (Å²) in [5.74, 6) is 3.30. The van der Waals surface area contributed by atoms with E-state index in [1.807, 2.05) is 25.5 Å². The van der Waals surface area contributed by atoms with Crippen LogP contribution in [0.5, 0.6) is 0 Å². The van der Waals surface area contributed by atoms with E-state index in [0.717, 1.165) is 50.2 Å². The Morgan fingerprint density at radius 1 is 0.946 bits per heavy atom. The number of ether oxygens (including phenoxy) is 2. The summed E-state index contributed by atoms with van der Waals surface area (Å²) < 4.78 is 13.0. The summed E-state index contributed by atoms with van der Waals surface area (Å²) in [5, 5.41) is 0. The van der Waals surface area contributed by atoms with Crippen molar-refractivity contribution in [3.63, 3.8) is 0 Å². The first kappa shape index (κ1) is 27.0. The van der Waals surface area contributed by atoms with Gasteiger partial charge >= 0.3 is 0 Å². The first-order valence-corrected chi connectivity index (χ1v) is 15.2. The predicted molar refractivity (Wildman–Crippen MR) is 154 cm³/mol. The van der Waals surface area contributed by atoms with E-state index in [1.54, 1.807) is 5.57 Å². The lowest BCUT2D eigenvalue weighted by molar-refractivity contribution is -0.312. The van der Waals surface area contributed by atoms with Gasteiger partial charge in [0.1, 0.15) is 0 Å². The first-order chi connectivity index (χ1) is 17.7. The second kappa shape index (κ2) is 10.2. The SMILES string of the molecule is C=C=Cc1ccc(C2CC3(C)C(C)CCC3C3CCC4CC5(CCC4=C23)OCC(C)(C)CO5)cc1.CC. The molecule has 6 rings (SSSR count). The topological polar surface area (TPSA) is 18.5 Å². The number of allylic oxidation sites excluding steroid dienone is 2. The van der Waals surface area contributed by atoms with E-state index in [1.165, 1.54) is 43.2 Å². The van der Waals surface area contributed by atoms with Crippen molar-refractivity contribution in [3.05, 3.63) is 58.8 Å². The Hall–Kier alpha value is -1.60. The van der Waals surface area contributed by atoms with E-state index in [2.05, 4.69) is 64.3 Å². The quantitative estimate of drug-likeness (QED) is 0.296. The second-order valence-corrected chi connectivity index (χ2v) is 13.6. The van der Waals surface area contributed by atoms with E-state index in [-0.39, 0.29) is 11.2 Å². The minimum atomic E-state index is -0.337. The summed E-state index contributed by atoms with van der Waals surface area (Å²) in [4.78, 5) is 0. The van der Waals surface area contributed by atoms with Crippen LogP contribution >= 0.6 is 0 Å². The Balaban J connectivity index is 0.00000137. The van der Waals surface area contributed by atoms with Crippen LogP contribution in [0.3, 0.4) is 0 Å². The highest BCUT2D eigenvalue weighted by molar-refractivity contribution is 5.50. The minimum absolute atomic E-state index is 0.132. The highest BCUT2D eigenvalue weighted by Crippen LogP contribution is 2.66. The van der Waals surface area contributed by atoms with Crippen molar-refractivity contribution in [1.82, 2.24) is 0 Å². The Labute approximate surface area is 226 Å². The fraction of sp³-hybridized carbons (Fsp3) is 0.686. The van der Waals surface area contributed by atoms with Crippen LogP contribution in [0.25, 0.3) is 6.08 Å². The lowest BCUT2D eigenvalue weighted by Gasteiger charge is -2.55. The number of rotatable bonds is 2. The maximum Gasteiger partial charge on any atom is 0.169 e. The Bertz CT molecular complexity index is 1050. The molecule has 2 heteroatoms. The standard InChI is InChI=1S/C33H44O2.C2H6/c1-6-7-23-9-11-24(12-10-23)28-19-32(5)22(2)8-15-29(32)27-14-13-25-18-33(17-16-26(25)30(27)28)34-20-31(3,4)21-35-33;1-2/h7,9-12,22,25,27-29H,1,8,13-21H2,2-5H3;1-2H3. The summed E-state index contributed by atoms with van der Waals surface area (Å²) in [5.41, 5.74) is 9.88. The molecule has 6 unspecified atom stereocenters. The van der Waals surface area contributed by atoms with Gasteiger partial charge in [0.2, 0.25) is 0 Å². The van der Waals surface area contributed by atoms with Gasteiger partial charge in [0.05, 0.1) is 13.2 Å². The monoisotopic (exact) mass is 502 g/mol. The van der Waals surface area contributed by atoms with Crippen LogP contribution in [-0.2, 0) is 9.47 Å². The molecule has 1 aromatic rings. The highest BCUT2D eigenvalue weighted by atomic mass is 16.7. The maximum atomic E-state index is 6.49. The largest absolute Gasteiger partial charge is 0.349 e. The van der Waals surface area contributed by atoms with Crippen molar-refractivity contribution in [2.45, 2.75) is 105 Å². The summed E-state index contributed by atoms with van der Waals surface area (Å²) in [7, 11) is 0. The third-order valence-electron chi connectivity index (χ3n) is 10.9. The van der Waals surface area contributed by atoms with Gasteiger partial charge in [0.25, 0.3) is 0 Å². The van der Waals surface area contributed by atoms with Crippen LogP contribution in [0.15, 0.2) is 47.7 Å². The van der Waals surface area contributed by atoms with Gasteiger partial charge in [-0.1, -0.05) is 83.5 Å². The van der Waals surface area contributed by atoms with Gasteiger partial charge in [-0.25, -0.2) is 0 Å². The van der Waals surface area contributed by atoms with Gasteiger partial charge in [-0.05, 0) is 84.8 Å². The van der Waals surface area contributed by atoms with Gasteiger partial charge in [0, 0.05) is 24.2 Å². The van der Waals surface area contributed by atoms with E-state index < -0.39 is 0 Å². The van der Waals surface area contributed by atoms with Crippen molar-refractivity contribution in [3.8, 4) is 0 Å². The second-order valence-electron chi connectivity index (χ2n) is 13.6. The van der Waals surface area contributed by atoms with E-state index in [9.17, 15) is 0 Å². The van der Waals surface area contributed by atoms with Crippen molar-refractivity contribution in [2.75, 3.05) is 13.2 Å².